The molecule has 112 valence electrons. The zero-order valence-electron chi connectivity index (χ0n) is 12.6. The summed E-state index contributed by atoms with van der Waals surface area (Å²) >= 11 is 0. The van der Waals surface area contributed by atoms with Crippen molar-refractivity contribution in [3.63, 3.8) is 0 Å². The molecule has 1 N–H and O–H groups in total. The number of ether oxygens (including phenoxy) is 1. The van der Waals surface area contributed by atoms with Crippen molar-refractivity contribution in [2.24, 2.45) is 5.92 Å². The summed E-state index contributed by atoms with van der Waals surface area (Å²) in [4.78, 5) is 24.4. The Balaban J connectivity index is 2.00. The van der Waals surface area contributed by atoms with Crippen molar-refractivity contribution in [1.82, 2.24) is 5.32 Å². The fraction of sp³-hybridized carbons (Fsp3) is 0.333. The number of nitrogens with one attached hydrogen (secondary N) is 1. The van der Waals surface area contributed by atoms with Crippen molar-refractivity contribution < 1.29 is 14.3 Å². The maximum Gasteiger partial charge on any atom is 0.234 e. The second kappa shape index (κ2) is 4.32. The Hall–Kier alpha value is -2.36. The topological polar surface area (TPSA) is 55.4 Å². The van der Waals surface area contributed by atoms with Gasteiger partial charge in [-0.2, -0.15) is 0 Å². The van der Waals surface area contributed by atoms with Crippen LogP contribution in [0.5, 0.6) is 5.75 Å². The molecular formula is C18H17NO3. The number of carbonyl (C=O) groups is 2. The number of fused-ring (bicyclic) bond motifs is 6. The van der Waals surface area contributed by atoms with E-state index in [4.69, 9.17) is 4.74 Å². The third-order valence-corrected chi connectivity index (χ3v) is 4.76. The minimum atomic E-state index is -0.733. The van der Waals surface area contributed by atoms with E-state index in [9.17, 15) is 9.59 Å². The molecule has 0 saturated carbocycles. The maximum absolute atomic E-state index is 12.4. The third kappa shape index (κ3) is 1.76. The molecule has 0 aliphatic carbocycles. The number of hydrogen-bond donors (Lipinski definition) is 1. The molecule has 0 radical (unpaired) electrons. The van der Waals surface area contributed by atoms with Gasteiger partial charge in [0.1, 0.15) is 17.5 Å². The number of carbonyl (C=O) groups excluding carboxylic acids is 2. The van der Waals surface area contributed by atoms with E-state index in [1.165, 1.54) is 6.92 Å². The molecule has 22 heavy (non-hydrogen) atoms. The van der Waals surface area contributed by atoms with E-state index in [1.54, 1.807) is 0 Å². The van der Waals surface area contributed by atoms with Crippen LogP contribution in [0.15, 0.2) is 36.4 Å². The van der Waals surface area contributed by atoms with Crippen molar-refractivity contribution in [1.29, 1.82) is 0 Å². The van der Waals surface area contributed by atoms with E-state index < -0.39 is 11.6 Å². The van der Waals surface area contributed by atoms with Gasteiger partial charge >= 0.3 is 0 Å². The molecule has 1 unspecified atom stereocenters. The lowest BCUT2D eigenvalue weighted by Gasteiger charge is -2.47. The van der Waals surface area contributed by atoms with Gasteiger partial charge in [-0.15, -0.1) is 0 Å². The highest BCUT2D eigenvalue weighted by molar-refractivity contribution is 6.03. The molecule has 0 aromatic heterocycles. The monoisotopic (exact) mass is 295 g/mol. The van der Waals surface area contributed by atoms with Gasteiger partial charge in [-0.25, -0.2) is 0 Å². The Morgan fingerprint density at radius 2 is 2.05 bits per heavy atom. The maximum atomic E-state index is 12.4. The van der Waals surface area contributed by atoms with Crippen molar-refractivity contribution in [3.05, 3.63) is 42.0 Å². The van der Waals surface area contributed by atoms with E-state index >= 15 is 0 Å². The molecular weight excluding hydrogens is 278 g/mol. The zero-order valence-corrected chi connectivity index (χ0v) is 12.6. The molecule has 2 aliphatic rings. The largest absolute Gasteiger partial charge is 0.468 e. The van der Waals surface area contributed by atoms with E-state index in [2.05, 4.69) is 5.32 Å². The molecule has 1 fully saturated rings. The highest BCUT2D eigenvalue weighted by Crippen LogP contribution is 2.49. The van der Waals surface area contributed by atoms with E-state index in [-0.39, 0.29) is 17.6 Å². The van der Waals surface area contributed by atoms with Crippen molar-refractivity contribution >= 4 is 22.5 Å². The number of Topliss-reactive ketones (excluding diaryl/α,β-unsaturated/α-hetero) is 1. The lowest BCUT2D eigenvalue weighted by molar-refractivity contribution is -0.145. The molecule has 4 rings (SSSR count). The van der Waals surface area contributed by atoms with E-state index in [0.717, 1.165) is 22.1 Å². The second-order valence-corrected chi connectivity index (χ2v) is 6.42. The smallest absolute Gasteiger partial charge is 0.234 e. The van der Waals surface area contributed by atoms with Gasteiger partial charge in [0.05, 0.1) is 0 Å². The third-order valence-electron chi connectivity index (χ3n) is 4.76. The molecule has 2 aromatic carbocycles. The summed E-state index contributed by atoms with van der Waals surface area (Å²) < 4.78 is 6.05. The molecule has 2 bridgehead atoms. The lowest BCUT2D eigenvalue weighted by Crippen LogP contribution is -2.61. The first kappa shape index (κ1) is 13.3. The van der Waals surface area contributed by atoms with Gasteiger partial charge in [0.25, 0.3) is 0 Å². The quantitative estimate of drug-likeness (QED) is 0.823. The molecule has 0 spiro atoms. The van der Waals surface area contributed by atoms with Crippen LogP contribution >= 0.6 is 0 Å². The normalized spacial score (nSPS) is 29.5. The Morgan fingerprint density at radius 1 is 1.27 bits per heavy atom. The first-order chi connectivity index (χ1) is 10.5. The fourth-order valence-corrected chi connectivity index (χ4v) is 3.90. The van der Waals surface area contributed by atoms with Gasteiger partial charge in [-0.1, -0.05) is 30.3 Å². The number of benzene rings is 2. The van der Waals surface area contributed by atoms with Crippen LogP contribution < -0.4 is 10.1 Å². The molecule has 2 heterocycles. The SMILES string of the molecule is CC(=O)C1C(=O)N[C@]2(C)C[C@H]1c1c(ccc3ccccc13)O2. The van der Waals surface area contributed by atoms with Gasteiger partial charge in [0.15, 0.2) is 5.72 Å². The zero-order chi connectivity index (χ0) is 15.5. The minimum absolute atomic E-state index is 0.0923. The van der Waals surface area contributed by atoms with Gasteiger partial charge in [0.2, 0.25) is 5.91 Å². The van der Waals surface area contributed by atoms with Crippen molar-refractivity contribution in [3.8, 4) is 5.75 Å². The highest BCUT2D eigenvalue weighted by atomic mass is 16.5. The predicted molar refractivity (Wildman–Crippen MR) is 82.7 cm³/mol. The van der Waals surface area contributed by atoms with Crippen LogP contribution in [0.3, 0.4) is 0 Å². The van der Waals surface area contributed by atoms with Crippen LogP contribution in [0, 0.1) is 5.92 Å². The molecule has 1 amide bonds. The fourth-order valence-electron chi connectivity index (χ4n) is 3.90. The van der Waals surface area contributed by atoms with Crippen molar-refractivity contribution in [2.45, 2.75) is 31.9 Å². The lowest BCUT2D eigenvalue weighted by atomic mass is 9.72. The van der Waals surface area contributed by atoms with Crippen molar-refractivity contribution in [2.75, 3.05) is 0 Å². The number of rotatable bonds is 1. The van der Waals surface area contributed by atoms with Crippen LogP contribution in [0.25, 0.3) is 10.8 Å². The highest BCUT2D eigenvalue weighted by Gasteiger charge is 2.51. The predicted octanol–water partition coefficient (Wildman–Crippen LogP) is 2.76. The first-order valence-electron chi connectivity index (χ1n) is 7.52. The van der Waals surface area contributed by atoms with E-state index in [0.29, 0.717) is 6.42 Å². The van der Waals surface area contributed by atoms with Crippen LogP contribution in [-0.4, -0.2) is 17.4 Å². The summed E-state index contributed by atoms with van der Waals surface area (Å²) in [6, 6.07) is 12.0. The summed E-state index contributed by atoms with van der Waals surface area (Å²) in [6.07, 6.45) is 0.615. The van der Waals surface area contributed by atoms with Gasteiger partial charge < -0.3 is 10.1 Å². The molecule has 4 heteroatoms. The summed E-state index contributed by atoms with van der Waals surface area (Å²) in [5, 5.41) is 5.02. The van der Waals surface area contributed by atoms with Gasteiger partial charge in [-0.05, 0) is 30.7 Å². The second-order valence-electron chi connectivity index (χ2n) is 6.42. The minimum Gasteiger partial charge on any atom is -0.468 e. The summed E-state index contributed by atoms with van der Waals surface area (Å²) in [7, 11) is 0. The molecule has 1 saturated heterocycles. The van der Waals surface area contributed by atoms with Crippen LogP contribution in [-0.2, 0) is 9.59 Å². The number of amides is 1. The number of piperidine rings is 1. The number of hydrogen-bond acceptors (Lipinski definition) is 3. The Bertz CT molecular complexity index is 813. The van der Waals surface area contributed by atoms with Gasteiger partial charge in [0, 0.05) is 17.9 Å². The molecule has 4 nitrogen and oxygen atoms in total. The van der Waals surface area contributed by atoms with E-state index in [1.807, 2.05) is 43.3 Å². The standard InChI is InChI=1S/C18H17NO3/c1-10(20)15-13-9-18(2,19-17(15)21)22-14-8-7-11-5-3-4-6-12(11)16(13)14/h3-8,13,15H,9H2,1-2H3,(H,19,21)/t13-,15?,18+/m1/s1. The molecule has 2 aromatic rings. The summed E-state index contributed by atoms with van der Waals surface area (Å²) in [6.45, 7) is 3.36. The van der Waals surface area contributed by atoms with Crippen LogP contribution in [0.4, 0.5) is 0 Å². The molecule has 3 atom stereocenters. The van der Waals surface area contributed by atoms with Gasteiger partial charge in [-0.3, -0.25) is 9.59 Å². The Kier molecular flexibility index (Phi) is 2.61. The summed E-state index contributed by atoms with van der Waals surface area (Å²) in [5.41, 5.74) is 0.258. The first-order valence-corrected chi connectivity index (χ1v) is 7.52. The summed E-state index contributed by atoms with van der Waals surface area (Å²) in [5.74, 6) is -0.327. The number of ketones is 1. The van der Waals surface area contributed by atoms with Crippen LogP contribution in [0.1, 0.15) is 31.7 Å². The Labute approximate surface area is 128 Å². The average molecular weight is 295 g/mol. The van der Waals surface area contributed by atoms with Crippen LogP contribution in [0.2, 0.25) is 0 Å². The average Bonchev–Trinajstić information content (AvgIpc) is 2.44. The molecule has 2 aliphatic heterocycles. The Morgan fingerprint density at radius 3 is 2.82 bits per heavy atom.